The van der Waals surface area contributed by atoms with Crippen molar-refractivity contribution in [2.24, 2.45) is 0 Å². The molecule has 0 aromatic heterocycles. The van der Waals surface area contributed by atoms with Crippen molar-refractivity contribution < 1.29 is 19.4 Å². The minimum atomic E-state index is -1.19. The van der Waals surface area contributed by atoms with Crippen LogP contribution in [0.3, 0.4) is 0 Å². The van der Waals surface area contributed by atoms with Crippen molar-refractivity contribution in [3.63, 3.8) is 0 Å². The molecule has 33 heavy (non-hydrogen) atoms. The van der Waals surface area contributed by atoms with E-state index in [9.17, 15) is 14.7 Å². The lowest BCUT2D eigenvalue weighted by molar-refractivity contribution is -0.145. The number of amides is 1. The molecule has 4 rings (SSSR count). The van der Waals surface area contributed by atoms with E-state index in [4.69, 9.17) is 28.6 Å². The number of hydrogen-bond donors (Lipinski definition) is 1. The van der Waals surface area contributed by atoms with Crippen LogP contribution in [0.2, 0.25) is 5.02 Å². The number of para-hydroxylation sites is 1. The van der Waals surface area contributed by atoms with E-state index in [0.29, 0.717) is 33.4 Å². The average Bonchev–Trinajstić information content (AvgIpc) is 3.08. The third-order valence-corrected chi connectivity index (χ3v) is 6.53. The molecule has 1 aliphatic heterocycles. The summed E-state index contributed by atoms with van der Waals surface area (Å²) in [6.07, 6.45) is 1.68. The smallest absolute Gasteiger partial charge is 0.331 e. The fourth-order valence-corrected chi connectivity index (χ4v) is 4.78. The minimum Gasteiger partial charge on any atom is -0.488 e. The summed E-state index contributed by atoms with van der Waals surface area (Å²) in [5.74, 6) is -1.00. The molecular formula is C25H18ClNO4S2. The summed E-state index contributed by atoms with van der Waals surface area (Å²) in [5, 5.41) is 10.5. The van der Waals surface area contributed by atoms with Gasteiger partial charge in [0.15, 0.2) is 6.04 Å². The molecule has 1 amide bonds. The molecule has 3 aromatic carbocycles. The van der Waals surface area contributed by atoms with Crippen molar-refractivity contribution in [2.75, 3.05) is 0 Å². The van der Waals surface area contributed by atoms with Crippen molar-refractivity contribution in [1.29, 1.82) is 0 Å². The Bertz CT molecular complexity index is 1230. The Kier molecular flexibility index (Phi) is 7.13. The highest BCUT2D eigenvalue weighted by Gasteiger charge is 2.41. The molecule has 3 aromatic rings. The number of hydrogen-bond acceptors (Lipinski definition) is 5. The Hall–Kier alpha value is -3.13. The van der Waals surface area contributed by atoms with E-state index in [1.807, 2.05) is 36.4 Å². The quantitative estimate of drug-likeness (QED) is 0.323. The first-order chi connectivity index (χ1) is 15.9. The van der Waals surface area contributed by atoms with Crippen molar-refractivity contribution in [1.82, 2.24) is 4.90 Å². The fourth-order valence-electron chi connectivity index (χ4n) is 3.35. The zero-order valence-electron chi connectivity index (χ0n) is 17.2. The van der Waals surface area contributed by atoms with Gasteiger partial charge in [-0.05, 0) is 35.4 Å². The lowest BCUT2D eigenvalue weighted by atomic mass is 10.1. The van der Waals surface area contributed by atoms with Gasteiger partial charge in [0.2, 0.25) is 0 Å². The number of thiocarbonyl (C=S) groups is 1. The molecule has 1 atom stereocenters. The molecule has 166 valence electrons. The number of halogens is 1. The monoisotopic (exact) mass is 495 g/mol. The lowest BCUT2D eigenvalue weighted by Gasteiger charge is -2.23. The maximum Gasteiger partial charge on any atom is 0.331 e. The molecule has 0 spiro atoms. The lowest BCUT2D eigenvalue weighted by Crippen LogP contribution is -2.37. The highest BCUT2D eigenvalue weighted by atomic mass is 35.5. The van der Waals surface area contributed by atoms with Gasteiger partial charge in [0.1, 0.15) is 16.7 Å². The Morgan fingerprint density at radius 3 is 2.42 bits per heavy atom. The van der Waals surface area contributed by atoms with E-state index in [-0.39, 0.29) is 4.32 Å². The van der Waals surface area contributed by atoms with Crippen LogP contribution in [0.4, 0.5) is 0 Å². The number of carbonyl (C=O) groups is 2. The van der Waals surface area contributed by atoms with Crippen LogP contribution in [-0.2, 0) is 16.2 Å². The molecule has 0 saturated carbocycles. The topological polar surface area (TPSA) is 66.8 Å². The molecule has 0 radical (unpaired) electrons. The van der Waals surface area contributed by atoms with Crippen molar-refractivity contribution in [3.8, 4) is 5.75 Å². The maximum atomic E-state index is 13.2. The van der Waals surface area contributed by atoms with E-state index < -0.39 is 17.9 Å². The van der Waals surface area contributed by atoms with Crippen molar-refractivity contribution in [2.45, 2.75) is 12.6 Å². The number of carboxylic acid groups (broad SMARTS) is 1. The molecule has 0 aliphatic carbocycles. The number of carboxylic acids is 1. The summed E-state index contributed by atoms with van der Waals surface area (Å²) in [5.41, 5.74) is 2.13. The van der Waals surface area contributed by atoms with Crippen LogP contribution < -0.4 is 4.74 Å². The molecule has 5 nitrogen and oxygen atoms in total. The Labute approximate surface area is 205 Å². The molecule has 0 bridgehead atoms. The molecule has 1 saturated heterocycles. The van der Waals surface area contributed by atoms with Gasteiger partial charge in [-0.15, -0.1) is 0 Å². The molecule has 1 unspecified atom stereocenters. The van der Waals surface area contributed by atoms with Gasteiger partial charge in [-0.2, -0.15) is 0 Å². The Balaban J connectivity index is 1.59. The van der Waals surface area contributed by atoms with Gasteiger partial charge >= 0.3 is 5.97 Å². The van der Waals surface area contributed by atoms with Crippen LogP contribution in [-0.4, -0.2) is 26.2 Å². The summed E-state index contributed by atoms with van der Waals surface area (Å²) in [4.78, 5) is 26.7. The largest absolute Gasteiger partial charge is 0.488 e. The molecule has 8 heteroatoms. The van der Waals surface area contributed by atoms with Gasteiger partial charge < -0.3 is 9.84 Å². The summed E-state index contributed by atoms with van der Waals surface area (Å²) in [7, 11) is 0. The second-order valence-electron chi connectivity index (χ2n) is 7.16. The highest BCUT2D eigenvalue weighted by Crippen LogP contribution is 2.39. The van der Waals surface area contributed by atoms with Gasteiger partial charge in [-0.25, -0.2) is 4.79 Å². The third kappa shape index (κ3) is 5.27. The van der Waals surface area contributed by atoms with E-state index in [0.717, 1.165) is 22.2 Å². The molecule has 1 fully saturated rings. The summed E-state index contributed by atoms with van der Waals surface area (Å²) in [6, 6.07) is 22.1. The van der Waals surface area contributed by atoms with Gasteiger partial charge in [-0.3, -0.25) is 9.69 Å². The van der Waals surface area contributed by atoms with Gasteiger partial charge in [0, 0.05) is 10.6 Å². The van der Waals surface area contributed by atoms with Crippen LogP contribution in [0.5, 0.6) is 5.75 Å². The van der Waals surface area contributed by atoms with E-state index in [1.165, 1.54) is 0 Å². The number of nitrogens with zero attached hydrogens (tertiary/aromatic N) is 1. The number of aliphatic carboxylic acids is 1. The summed E-state index contributed by atoms with van der Waals surface area (Å²) < 4.78 is 6.16. The SMILES string of the molecule is O=C(O)C(c1ccccc1)N1C(=O)/C(=C/c2ccccc2OCc2ccc(Cl)cc2)SC1=S. The second kappa shape index (κ2) is 10.2. The predicted molar refractivity (Wildman–Crippen MR) is 134 cm³/mol. The number of ether oxygens (including phenoxy) is 1. The fraction of sp³-hybridized carbons (Fsp3) is 0.0800. The van der Waals surface area contributed by atoms with E-state index >= 15 is 0 Å². The van der Waals surface area contributed by atoms with Gasteiger partial charge in [-0.1, -0.05) is 96.2 Å². The van der Waals surface area contributed by atoms with Crippen LogP contribution in [0, 0.1) is 0 Å². The number of thioether (sulfide) groups is 1. The van der Waals surface area contributed by atoms with Crippen LogP contribution in [0.15, 0.2) is 83.8 Å². The third-order valence-electron chi connectivity index (χ3n) is 4.94. The number of benzene rings is 3. The number of rotatable bonds is 7. The van der Waals surface area contributed by atoms with Crippen LogP contribution in [0.1, 0.15) is 22.7 Å². The van der Waals surface area contributed by atoms with Gasteiger partial charge in [0.25, 0.3) is 5.91 Å². The number of carbonyl (C=O) groups excluding carboxylic acids is 1. The van der Waals surface area contributed by atoms with E-state index in [2.05, 4.69) is 0 Å². The molecule has 1 aliphatic rings. The molecular weight excluding hydrogens is 478 g/mol. The van der Waals surface area contributed by atoms with Gasteiger partial charge in [0.05, 0.1) is 4.91 Å². The Morgan fingerprint density at radius 1 is 1.06 bits per heavy atom. The molecule has 1 heterocycles. The minimum absolute atomic E-state index is 0.196. The highest BCUT2D eigenvalue weighted by molar-refractivity contribution is 8.26. The first-order valence-corrected chi connectivity index (χ1v) is 11.6. The summed E-state index contributed by atoms with van der Waals surface area (Å²) in [6.45, 7) is 0.331. The second-order valence-corrected chi connectivity index (χ2v) is 9.27. The van der Waals surface area contributed by atoms with Crippen molar-refractivity contribution in [3.05, 3.63) is 105 Å². The Morgan fingerprint density at radius 2 is 1.73 bits per heavy atom. The normalized spacial score (nSPS) is 15.7. The van der Waals surface area contributed by atoms with Crippen LogP contribution >= 0.6 is 35.6 Å². The molecule has 1 N–H and O–H groups in total. The average molecular weight is 496 g/mol. The first-order valence-electron chi connectivity index (χ1n) is 9.95. The van der Waals surface area contributed by atoms with Crippen molar-refractivity contribution >= 4 is 57.9 Å². The van der Waals surface area contributed by atoms with Crippen LogP contribution in [0.25, 0.3) is 6.08 Å². The van der Waals surface area contributed by atoms with E-state index in [1.54, 1.807) is 48.5 Å². The standard InChI is InChI=1S/C25H18ClNO4S2/c26-19-12-10-16(11-13-19)15-31-20-9-5-4-8-18(20)14-21-23(28)27(25(32)33-21)22(24(29)30)17-6-2-1-3-7-17/h1-14,22H,15H2,(H,29,30)/b21-14-. The maximum absolute atomic E-state index is 13.2. The zero-order chi connectivity index (χ0) is 23.4. The first kappa shape index (κ1) is 23.0. The predicted octanol–water partition coefficient (Wildman–Crippen LogP) is 5.95. The summed E-state index contributed by atoms with van der Waals surface area (Å²) >= 11 is 12.4. The zero-order valence-corrected chi connectivity index (χ0v) is 19.6.